The molecule has 4 rings (SSSR count). The molecule has 1 aliphatic heterocycles. The van der Waals surface area contributed by atoms with Gasteiger partial charge in [-0.05, 0) is 35.9 Å². The quantitative estimate of drug-likeness (QED) is 0.331. The normalized spacial score (nSPS) is 15.4. The Kier molecular flexibility index (Phi) is 7.46. The first-order valence-corrected chi connectivity index (χ1v) is 11.5. The fraction of sp³-hybridized carbons (Fsp3) is 0.240. The van der Waals surface area contributed by atoms with Gasteiger partial charge >= 0.3 is 6.18 Å². The van der Waals surface area contributed by atoms with Crippen LogP contribution in [0.15, 0.2) is 72.8 Å². The number of piperazine rings is 1. The van der Waals surface area contributed by atoms with Gasteiger partial charge in [-0.3, -0.25) is 19.8 Å². The first kappa shape index (κ1) is 25.5. The lowest BCUT2D eigenvalue weighted by molar-refractivity contribution is -0.384. The van der Waals surface area contributed by atoms with E-state index in [1.165, 1.54) is 18.2 Å². The fourth-order valence-corrected chi connectivity index (χ4v) is 4.44. The monoisotopic (exact) mass is 518 g/mol. The number of hydrogen-bond acceptors (Lipinski definition) is 5. The molecule has 0 saturated carbocycles. The van der Waals surface area contributed by atoms with E-state index in [1.54, 1.807) is 36.4 Å². The van der Waals surface area contributed by atoms with Gasteiger partial charge in [-0.15, -0.1) is 0 Å². The number of carbonyl (C=O) groups is 1. The molecular weight excluding hydrogens is 497 g/mol. The predicted octanol–water partition coefficient (Wildman–Crippen LogP) is 5.77. The first-order valence-electron chi connectivity index (χ1n) is 11.1. The van der Waals surface area contributed by atoms with Crippen LogP contribution in [-0.4, -0.2) is 41.9 Å². The maximum atomic E-state index is 13.4. The van der Waals surface area contributed by atoms with E-state index in [0.717, 1.165) is 17.8 Å². The highest BCUT2D eigenvalue weighted by atomic mass is 35.5. The molecule has 3 aromatic rings. The van der Waals surface area contributed by atoms with Gasteiger partial charge < -0.3 is 10.2 Å². The Bertz CT molecular complexity index is 1230. The second kappa shape index (κ2) is 10.5. The number of hydrogen-bond donors (Lipinski definition) is 1. The van der Waals surface area contributed by atoms with Crippen molar-refractivity contribution in [3.05, 3.63) is 99.1 Å². The molecule has 1 aliphatic rings. The average molecular weight is 519 g/mol. The van der Waals surface area contributed by atoms with Crippen molar-refractivity contribution in [3.8, 4) is 0 Å². The number of halogens is 4. The number of nitro benzene ring substituents is 1. The Morgan fingerprint density at radius 1 is 0.972 bits per heavy atom. The van der Waals surface area contributed by atoms with Crippen molar-refractivity contribution < 1.29 is 22.9 Å². The Morgan fingerprint density at radius 3 is 2.19 bits per heavy atom. The zero-order valence-corrected chi connectivity index (χ0v) is 19.7. The van der Waals surface area contributed by atoms with Crippen LogP contribution in [0.5, 0.6) is 0 Å². The lowest BCUT2D eigenvalue weighted by Gasteiger charge is -2.39. The maximum Gasteiger partial charge on any atom is 0.417 e. The van der Waals surface area contributed by atoms with Crippen LogP contribution in [0, 0.1) is 10.1 Å². The molecule has 1 saturated heterocycles. The summed E-state index contributed by atoms with van der Waals surface area (Å²) >= 11 is 5.71. The van der Waals surface area contributed by atoms with Gasteiger partial charge in [-0.25, -0.2) is 0 Å². The smallest absolute Gasteiger partial charge is 0.369 e. The van der Waals surface area contributed by atoms with E-state index in [1.807, 2.05) is 11.0 Å². The molecular formula is C25H22ClF3N4O3. The van der Waals surface area contributed by atoms with Crippen molar-refractivity contribution in [2.45, 2.75) is 12.2 Å². The highest BCUT2D eigenvalue weighted by Gasteiger charge is 2.34. The zero-order valence-electron chi connectivity index (χ0n) is 18.9. The zero-order chi connectivity index (χ0) is 25.9. The van der Waals surface area contributed by atoms with Crippen LogP contribution in [0.3, 0.4) is 0 Å². The Hall–Kier alpha value is -3.63. The molecule has 7 nitrogen and oxygen atoms in total. The second-order valence-corrected chi connectivity index (χ2v) is 8.70. The largest absolute Gasteiger partial charge is 0.417 e. The molecule has 1 N–H and O–H groups in total. The number of alkyl halides is 3. The summed E-state index contributed by atoms with van der Waals surface area (Å²) in [5.74, 6) is -0.458. The van der Waals surface area contributed by atoms with Crippen molar-refractivity contribution >= 4 is 34.6 Å². The van der Waals surface area contributed by atoms with Gasteiger partial charge in [0.15, 0.2) is 0 Å². The summed E-state index contributed by atoms with van der Waals surface area (Å²) in [6, 6.07) is 17.8. The summed E-state index contributed by atoms with van der Waals surface area (Å²) in [6.45, 7) is 2.12. The van der Waals surface area contributed by atoms with Crippen LogP contribution in [0.4, 0.5) is 30.2 Å². The number of rotatable bonds is 6. The van der Waals surface area contributed by atoms with Gasteiger partial charge in [-0.2, -0.15) is 13.2 Å². The number of nitrogens with one attached hydrogen (secondary N) is 1. The summed E-state index contributed by atoms with van der Waals surface area (Å²) in [4.78, 5) is 27.8. The van der Waals surface area contributed by atoms with Crippen LogP contribution >= 0.6 is 11.6 Å². The number of non-ortho nitro benzene ring substituents is 1. The van der Waals surface area contributed by atoms with Crippen LogP contribution in [0.25, 0.3) is 0 Å². The van der Waals surface area contributed by atoms with E-state index in [9.17, 15) is 28.1 Å². The van der Waals surface area contributed by atoms with Crippen LogP contribution in [0.2, 0.25) is 5.02 Å². The van der Waals surface area contributed by atoms with Crippen molar-refractivity contribution in [2.24, 2.45) is 0 Å². The highest BCUT2D eigenvalue weighted by Crippen LogP contribution is 2.36. The predicted molar refractivity (Wildman–Crippen MR) is 131 cm³/mol. The van der Waals surface area contributed by atoms with E-state index in [2.05, 4.69) is 10.2 Å². The molecule has 0 radical (unpaired) electrons. The third kappa shape index (κ3) is 5.77. The second-order valence-electron chi connectivity index (χ2n) is 8.29. The fourth-order valence-electron chi connectivity index (χ4n) is 4.22. The summed E-state index contributed by atoms with van der Waals surface area (Å²) in [7, 11) is 0. The van der Waals surface area contributed by atoms with Gasteiger partial charge in [-0.1, -0.05) is 41.9 Å². The number of benzene rings is 3. The average Bonchev–Trinajstić information content (AvgIpc) is 2.86. The topological polar surface area (TPSA) is 78.7 Å². The molecule has 1 heterocycles. The summed E-state index contributed by atoms with van der Waals surface area (Å²) in [5, 5.41) is 13.1. The molecule has 11 heteroatoms. The van der Waals surface area contributed by atoms with Crippen molar-refractivity contribution in [3.63, 3.8) is 0 Å². The minimum atomic E-state index is -4.65. The number of nitro groups is 1. The lowest BCUT2D eigenvalue weighted by Crippen LogP contribution is -2.50. The molecule has 36 heavy (non-hydrogen) atoms. The molecule has 3 aromatic carbocycles. The molecule has 0 aromatic heterocycles. The Balaban J connectivity index is 1.52. The molecule has 1 atom stereocenters. The molecule has 0 aliphatic carbocycles. The first-order chi connectivity index (χ1) is 17.1. The van der Waals surface area contributed by atoms with E-state index in [-0.39, 0.29) is 11.4 Å². The highest BCUT2D eigenvalue weighted by molar-refractivity contribution is 6.31. The van der Waals surface area contributed by atoms with E-state index in [4.69, 9.17) is 11.6 Å². The molecule has 0 unspecified atom stereocenters. The lowest BCUT2D eigenvalue weighted by atomic mass is 10.0. The third-order valence-corrected chi connectivity index (χ3v) is 6.34. The summed E-state index contributed by atoms with van der Waals surface area (Å²) in [5.41, 5.74) is 0.539. The number of amides is 1. The molecule has 1 amide bonds. The Morgan fingerprint density at radius 2 is 1.61 bits per heavy atom. The van der Waals surface area contributed by atoms with Crippen LogP contribution in [0.1, 0.15) is 17.2 Å². The van der Waals surface area contributed by atoms with Crippen molar-refractivity contribution in [2.75, 3.05) is 36.4 Å². The minimum Gasteiger partial charge on any atom is -0.369 e. The summed E-state index contributed by atoms with van der Waals surface area (Å²) in [6.07, 6.45) is -4.65. The number of carbonyl (C=O) groups excluding carboxylic acids is 1. The van der Waals surface area contributed by atoms with E-state index in [0.29, 0.717) is 31.7 Å². The third-order valence-electron chi connectivity index (χ3n) is 6.01. The summed E-state index contributed by atoms with van der Waals surface area (Å²) < 4.78 is 39.8. The number of nitrogens with zero attached hydrogens (tertiary/aromatic N) is 3. The van der Waals surface area contributed by atoms with Crippen molar-refractivity contribution in [1.82, 2.24) is 4.90 Å². The van der Waals surface area contributed by atoms with Crippen molar-refractivity contribution in [1.29, 1.82) is 0 Å². The maximum absolute atomic E-state index is 13.4. The SMILES string of the molecule is O=C(Nc1ccc(Cl)c(C(F)(F)F)c1)[C@H](c1ccccc1)N1CCN(c2ccc([N+](=O)[O-])cc2)CC1. The molecule has 188 valence electrons. The van der Waals surface area contributed by atoms with Gasteiger partial charge in [0.25, 0.3) is 5.69 Å². The van der Waals surface area contributed by atoms with Gasteiger partial charge in [0.1, 0.15) is 6.04 Å². The van der Waals surface area contributed by atoms with Crippen LogP contribution < -0.4 is 10.2 Å². The number of anilines is 2. The van der Waals surface area contributed by atoms with E-state index >= 15 is 0 Å². The molecule has 1 fully saturated rings. The molecule has 0 bridgehead atoms. The molecule has 0 spiro atoms. The standard InChI is InChI=1S/C25H22ClF3N4O3/c26-22-11-6-18(16-21(22)25(27,28)29)30-24(34)23(17-4-2-1-3-5-17)32-14-12-31(13-15-32)19-7-9-20(10-8-19)33(35)36/h1-11,16,23H,12-15H2,(H,30,34)/t23-/m0/s1. The van der Waals surface area contributed by atoms with Gasteiger partial charge in [0.05, 0.1) is 15.5 Å². The Labute approximate surface area is 210 Å². The minimum absolute atomic E-state index is 0.00201. The van der Waals surface area contributed by atoms with Gasteiger partial charge in [0.2, 0.25) is 5.91 Å². The van der Waals surface area contributed by atoms with E-state index < -0.39 is 33.6 Å². The van der Waals surface area contributed by atoms with Crippen LogP contribution in [-0.2, 0) is 11.0 Å². The van der Waals surface area contributed by atoms with Gasteiger partial charge in [0, 0.05) is 49.7 Å².